The number of aryl methyl sites for hydroxylation is 1. The van der Waals surface area contributed by atoms with Gasteiger partial charge in [0.1, 0.15) is 19.1 Å². The number of halogens is 1. The topological polar surface area (TPSA) is 27.7 Å². The van der Waals surface area contributed by atoms with E-state index in [1.54, 1.807) is 7.11 Å². The van der Waals surface area contributed by atoms with Gasteiger partial charge in [-0.3, -0.25) is 0 Å². The molecule has 4 heteroatoms. The van der Waals surface area contributed by atoms with Crippen LogP contribution in [0.25, 0.3) is 0 Å². The molecule has 0 spiro atoms. The maximum absolute atomic E-state index is 6.01. The summed E-state index contributed by atoms with van der Waals surface area (Å²) < 4.78 is 17.3. The minimum Gasteiger partial charge on any atom is -0.488 e. The molecule has 152 valence electrons. The third-order valence-corrected chi connectivity index (χ3v) is 5.40. The summed E-state index contributed by atoms with van der Waals surface area (Å²) in [6.07, 6.45) is 1.78. The van der Waals surface area contributed by atoms with E-state index in [9.17, 15) is 0 Å². The Kier molecular flexibility index (Phi) is 8.29. The molecular formula is C25H27BrO3. The standard InChI is InChI=1S/C25H27BrO3/c1-19-14-25(29-17-22-6-4-3-5-7-22)24(26)16-23(19)15-21-10-8-20(9-11-21)12-13-28-18-27-2/h3-11,14,16H,12-13,15,17-18H2,1-2H3. The Labute approximate surface area is 181 Å². The predicted octanol–water partition coefficient (Wildman–Crippen LogP) is 6.09. The van der Waals surface area contributed by atoms with Crippen LogP contribution in [-0.2, 0) is 28.9 Å². The van der Waals surface area contributed by atoms with Crippen LogP contribution in [0, 0.1) is 6.92 Å². The molecule has 0 fully saturated rings. The van der Waals surface area contributed by atoms with Gasteiger partial charge in [0.2, 0.25) is 0 Å². The third-order valence-electron chi connectivity index (χ3n) is 4.78. The van der Waals surface area contributed by atoms with E-state index in [0.717, 1.165) is 28.6 Å². The maximum atomic E-state index is 6.01. The lowest BCUT2D eigenvalue weighted by atomic mass is 9.99. The molecule has 0 radical (unpaired) electrons. The highest BCUT2D eigenvalue weighted by atomic mass is 79.9. The first-order valence-corrected chi connectivity index (χ1v) is 10.6. The van der Waals surface area contributed by atoms with Crippen LogP contribution in [-0.4, -0.2) is 20.5 Å². The van der Waals surface area contributed by atoms with Crippen LogP contribution in [0.2, 0.25) is 0 Å². The van der Waals surface area contributed by atoms with E-state index in [0.29, 0.717) is 20.0 Å². The number of ether oxygens (including phenoxy) is 3. The number of benzene rings is 3. The van der Waals surface area contributed by atoms with Gasteiger partial charge in [-0.25, -0.2) is 0 Å². The first-order chi connectivity index (χ1) is 14.2. The van der Waals surface area contributed by atoms with Crippen molar-refractivity contribution < 1.29 is 14.2 Å². The monoisotopic (exact) mass is 454 g/mol. The summed E-state index contributed by atoms with van der Waals surface area (Å²) in [6.45, 7) is 3.72. The van der Waals surface area contributed by atoms with E-state index in [4.69, 9.17) is 14.2 Å². The molecule has 3 rings (SSSR count). The Morgan fingerprint density at radius 1 is 0.862 bits per heavy atom. The molecule has 3 nitrogen and oxygen atoms in total. The second-order valence-electron chi connectivity index (χ2n) is 7.04. The molecule has 0 saturated heterocycles. The zero-order valence-electron chi connectivity index (χ0n) is 17.0. The van der Waals surface area contributed by atoms with Crippen molar-refractivity contribution in [2.45, 2.75) is 26.4 Å². The molecule has 0 aliphatic rings. The molecule has 0 unspecified atom stereocenters. The van der Waals surface area contributed by atoms with E-state index in [2.05, 4.69) is 71.4 Å². The van der Waals surface area contributed by atoms with Gasteiger partial charge in [-0.15, -0.1) is 0 Å². The zero-order chi connectivity index (χ0) is 20.5. The molecule has 0 aromatic heterocycles. The smallest absolute Gasteiger partial charge is 0.146 e. The van der Waals surface area contributed by atoms with Gasteiger partial charge in [-0.1, -0.05) is 54.6 Å². The Bertz CT molecular complexity index is 892. The maximum Gasteiger partial charge on any atom is 0.146 e. The van der Waals surface area contributed by atoms with E-state index in [1.165, 1.54) is 22.3 Å². The zero-order valence-corrected chi connectivity index (χ0v) is 18.6. The molecule has 0 amide bonds. The van der Waals surface area contributed by atoms with E-state index < -0.39 is 0 Å². The van der Waals surface area contributed by atoms with Gasteiger partial charge < -0.3 is 14.2 Å². The van der Waals surface area contributed by atoms with Crippen LogP contribution in [0.4, 0.5) is 0 Å². The fraction of sp³-hybridized carbons (Fsp3) is 0.280. The van der Waals surface area contributed by atoms with Crippen LogP contribution >= 0.6 is 15.9 Å². The summed E-state index contributed by atoms with van der Waals surface area (Å²) in [5, 5.41) is 0. The van der Waals surface area contributed by atoms with Crippen molar-refractivity contribution in [2.24, 2.45) is 0 Å². The Hall–Kier alpha value is -2.14. The van der Waals surface area contributed by atoms with Crippen LogP contribution in [0.3, 0.4) is 0 Å². The third kappa shape index (κ3) is 6.70. The highest BCUT2D eigenvalue weighted by Gasteiger charge is 2.08. The first-order valence-electron chi connectivity index (χ1n) is 9.76. The Morgan fingerprint density at radius 2 is 1.59 bits per heavy atom. The molecule has 0 N–H and O–H groups in total. The summed E-state index contributed by atoms with van der Waals surface area (Å²) in [4.78, 5) is 0. The lowest BCUT2D eigenvalue weighted by Crippen LogP contribution is -2.01. The number of hydrogen-bond donors (Lipinski definition) is 0. The summed E-state index contributed by atoms with van der Waals surface area (Å²) in [7, 11) is 1.64. The average Bonchev–Trinajstić information content (AvgIpc) is 2.74. The number of methoxy groups -OCH3 is 1. The molecule has 0 aliphatic heterocycles. The lowest BCUT2D eigenvalue weighted by molar-refractivity contribution is -0.0291. The minimum atomic E-state index is 0.345. The van der Waals surface area contributed by atoms with Crippen molar-refractivity contribution in [3.05, 3.63) is 99.0 Å². The van der Waals surface area contributed by atoms with Crippen molar-refractivity contribution in [2.75, 3.05) is 20.5 Å². The van der Waals surface area contributed by atoms with E-state index in [-0.39, 0.29) is 0 Å². The normalized spacial score (nSPS) is 10.9. The average molecular weight is 455 g/mol. The predicted molar refractivity (Wildman–Crippen MR) is 120 cm³/mol. The van der Waals surface area contributed by atoms with Crippen molar-refractivity contribution in [1.82, 2.24) is 0 Å². The second kappa shape index (κ2) is 11.1. The molecule has 3 aromatic rings. The van der Waals surface area contributed by atoms with E-state index in [1.807, 2.05) is 18.2 Å². The van der Waals surface area contributed by atoms with Gasteiger partial charge in [-0.2, -0.15) is 0 Å². The summed E-state index contributed by atoms with van der Waals surface area (Å²) in [6, 6.07) is 23.2. The fourth-order valence-electron chi connectivity index (χ4n) is 3.11. The van der Waals surface area contributed by atoms with E-state index >= 15 is 0 Å². The molecular weight excluding hydrogens is 428 g/mol. The fourth-order valence-corrected chi connectivity index (χ4v) is 3.61. The molecule has 0 aliphatic carbocycles. The molecule has 0 bridgehead atoms. The van der Waals surface area contributed by atoms with Crippen LogP contribution in [0.1, 0.15) is 27.8 Å². The van der Waals surface area contributed by atoms with Crippen molar-refractivity contribution >= 4 is 15.9 Å². The SMILES string of the molecule is COCOCCc1ccc(Cc2cc(Br)c(OCc3ccccc3)cc2C)cc1. The summed E-state index contributed by atoms with van der Waals surface area (Å²) >= 11 is 3.67. The first kappa shape index (κ1) is 21.6. The van der Waals surface area contributed by atoms with Gasteiger partial charge in [0.05, 0.1) is 11.1 Å². The largest absolute Gasteiger partial charge is 0.488 e. The van der Waals surface area contributed by atoms with Crippen molar-refractivity contribution in [1.29, 1.82) is 0 Å². The molecule has 3 aromatic carbocycles. The molecule has 0 heterocycles. The summed E-state index contributed by atoms with van der Waals surface area (Å²) in [5.74, 6) is 0.876. The van der Waals surface area contributed by atoms with Gasteiger partial charge in [-0.05, 0) is 75.6 Å². The highest BCUT2D eigenvalue weighted by molar-refractivity contribution is 9.10. The van der Waals surface area contributed by atoms with Gasteiger partial charge in [0.15, 0.2) is 0 Å². The quantitative estimate of drug-likeness (QED) is 0.274. The molecule has 29 heavy (non-hydrogen) atoms. The number of rotatable bonds is 10. The van der Waals surface area contributed by atoms with Crippen molar-refractivity contribution in [3.8, 4) is 5.75 Å². The van der Waals surface area contributed by atoms with Gasteiger partial charge in [0, 0.05) is 7.11 Å². The van der Waals surface area contributed by atoms with Gasteiger partial charge >= 0.3 is 0 Å². The molecule has 0 atom stereocenters. The Balaban J connectivity index is 1.60. The van der Waals surface area contributed by atoms with Crippen LogP contribution < -0.4 is 4.74 Å². The van der Waals surface area contributed by atoms with Crippen molar-refractivity contribution in [3.63, 3.8) is 0 Å². The van der Waals surface area contributed by atoms with Crippen LogP contribution in [0.15, 0.2) is 71.2 Å². The van der Waals surface area contributed by atoms with Crippen LogP contribution in [0.5, 0.6) is 5.75 Å². The summed E-state index contributed by atoms with van der Waals surface area (Å²) in [5.41, 5.74) is 6.24. The minimum absolute atomic E-state index is 0.345. The molecule has 0 saturated carbocycles. The number of hydrogen-bond acceptors (Lipinski definition) is 3. The highest BCUT2D eigenvalue weighted by Crippen LogP contribution is 2.30. The lowest BCUT2D eigenvalue weighted by Gasteiger charge is -2.13. The second-order valence-corrected chi connectivity index (χ2v) is 7.90. The Morgan fingerprint density at radius 3 is 2.31 bits per heavy atom. The van der Waals surface area contributed by atoms with Gasteiger partial charge in [0.25, 0.3) is 0 Å².